The maximum atomic E-state index is 11.3. The van der Waals surface area contributed by atoms with Crippen molar-refractivity contribution in [3.63, 3.8) is 0 Å². The Morgan fingerprint density at radius 3 is 2.43 bits per heavy atom. The standard InChI is InChI=1S/C13H14N6O2/c1-8-11(19(20)21)12(16-13(15-8)17-14)18-6-9-4-2-3-5-10(9)7-18/h2-5H,6-7,14H2,1H3,(H,15,16,17). The second kappa shape index (κ2) is 4.98. The van der Waals surface area contributed by atoms with Crippen molar-refractivity contribution < 1.29 is 4.92 Å². The average molecular weight is 286 g/mol. The number of anilines is 2. The van der Waals surface area contributed by atoms with Gasteiger partial charge in [-0.3, -0.25) is 15.5 Å². The van der Waals surface area contributed by atoms with Crippen LogP contribution >= 0.6 is 0 Å². The minimum atomic E-state index is -0.450. The number of hydrazine groups is 1. The fourth-order valence-corrected chi connectivity index (χ4v) is 2.53. The summed E-state index contributed by atoms with van der Waals surface area (Å²) in [5.74, 6) is 5.79. The van der Waals surface area contributed by atoms with Crippen LogP contribution in [0.1, 0.15) is 16.8 Å². The highest BCUT2D eigenvalue weighted by molar-refractivity contribution is 5.64. The van der Waals surface area contributed by atoms with Crippen molar-refractivity contribution in [2.24, 2.45) is 5.84 Å². The van der Waals surface area contributed by atoms with Crippen LogP contribution in [0.4, 0.5) is 17.5 Å². The summed E-state index contributed by atoms with van der Waals surface area (Å²) in [6.45, 7) is 2.74. The van der Waals surface area contributed by atoms with Crippen LogP contribution in [0.5, 0.6) is 0 Å². The molecule has 0 unspecified atom stereocenters. The van der Waals surface area contributed by atoms with Crippen molar-refractivity contribution in [2.45, 2.75) is 20.0 Å². The Balaban J connectivity index is 2.07. The predicted octanol–water partition coefficient (Wildman–Crippen LogP) is 1.50. The van der Waals surface area contributed by atoms with Crippen molar-refractivity contribution in [1.82, 2.24) is 9.97 Å². The van der Waals surface area contributed by atoms with E-state index in [2.05, 4.69) is 15.4 Å². The molecule has 2 heterocycles. The molecule has 3 rings (SSSR count). The fraction of sp³-hybridized carbons (Fsp3) is 0.231. The molecule has 0 atom stereocenters. The molecule has 1 aromatic carbocycles. The zero-order valence-corrected chi connectivity index (χ0v) is 11.4. The zero-order valence-electron chi connectivity index (χ0n) is 11.4. The van der Waals surface area contributed by atoms with E-state index in [-0.39, 0.29) is 23.1 Å². The molecule has 8 heteroatoms. The van der Waals surface area contributed by atoms with Crippen LogP contribution in [0.15, 0.2) is 24.3 Å². The van der Waals surface area contributed by atoms with Gasteiger partial charge < -0.3 is 4.90 Å². The van der Waals surface area contributed by atoms with Gasteiger partial charge in [0.1, 0.15) is 5.69 Å². The highest BCUT2D eigenvalue weighted by Gasteiger charge is 2.29. The van der Waals surface area contributed by atoms with Gasteiger partial charge in [-0.05, 0) is 18.1 Å². The van der Waals surface area contributed by atoms with Crippen molar-refractivity contribution in [3.05, 3.63) is 51.2 Å². The minimum Gasteiger partial charge on any atom is -0.342 e. The summed E-state index contributed by atoms with van der Waals surface area (Å²) in [7, 11) is 0. The quantitative estimate of drug-likeness (QED) is 0.499. The molecule has 0 bridgehead atoms. The molecule has 0 saturated heterocycles. The molecule has 8 nitrogen and oxygen atoms in total. The number of hydrogen-bond donors (Lipinski definition) is 2. The summed E-state index contributed by atoms with van der Waals surface area (Å²) in [4.78, 5) is 20.9. The second-order valence-corrected chi connectivity index (χ2v) is 4.83. The van der Waals surface area contributed by atoms with E-state index in [9.17, 15) is 10.1 Å². The van der Waals surface area contributed by atoms with Crippen LogP contribution in [0, 0.1) is 17.0 Å². The van der Waals surface area contributed by atoms with Crippen LogP contribution in [-0.4, -0.2) is 14.9 Å². The molecular formula is C13H14N6O2. The van der Waals surface area contributed by atoms with Gasteiger partial charge in [-0.2, -0.15) is 4.98 Å². The topological polar surface area (TPSA) is 110 Å². The molecule has 2 aromatic rings. The third-order valence-corrected chi connectivity index (χ3v) is 3.49. The lowest BCUT2D eigenvalue weighted by atomic mass is 10.1. The molecule has 108 valence electrons. The Bertz CT molecular complexity index is 693. The number of benzene rings is 1. The van der Waals surface area contributed by atoms with Crippen LogP contribution in [0.2, 0.25) is 0 Å². The van der Waals surface area contributed by atoms with E-state index in [1.54, 1.807) is 6.92 Å². The third kappa shape index (κ3) is 2.25. The molecule has 21 heavy (non-hydrogen) atoms. The van der Waals surface area contributed by atoms with Crippen LogP contribution in [0.25, 0.3) is 0 Å². The minimum absolute atomic E-state index is 0.0817. The van der Waals surface area contributed by atoms with Gasteiger partial charge in [-0.1, -0.05) is 24.3 Å². The number of aromatic nitrogens is 2. The van der Waals surface area contributed by atoms with Gasteiger partial charge in [0.2, 0.25) is 11.8 Å². The maximum Gasteiger partial charge on any atom is 0.332 e. The third-order valence-electron chi connectivity index (χ3n) is 3.49. The molecule has 1 aromatic heterocycles. The normalized spacial score (nSPS) is 13.1. The number of nitrogens with zero attached hydrogens (tertiary/aromatic N) is 4. The highest BCUT2D eigenvalue weighted by Crippen LogP contribution is 2.35. The Morgan fingerprint density at radius 1 is 1.29 bits per heavy atom. The van der Waals surface area contributed by atoms with Gasteiger partial charge >= 0.3 is 5.69 Å². The van der Waals surface area contributed by atoms with Crippen molar-refractivity contribution in [1.29, 1.82) is 0 Å². The average Bonchev–Trinajstić information content (AvgIpc) is 2.89. The van der Waals surface area contributed by atoms with E-state index >= 15 is 0 Å². The number of nitrogens with two attached hydrogens (primary N) is 1. The molecule has 0 amide bonds. The molecule has 0 saturated carbocycles. The van der Waals surface area contributed by atoms with Gasteiger partial charge in [0.05, 0.1) is 4.92 Å². The SMILES string of the molecule is Cc1nc(NN)nc(N2Cc3ccccc3C2)c1[N+](=O)[O-]. The molecular weight excluding hydrogens is 272 g/mol. The number of aryl methyl sites for hydroxylation is 1. The highest BCUT2D eigenvalue weighted by atomic mass is 16.6. The molecule has 0 aliphatic carbocycles. The maximum absolute atomic E-state index is 11.3. The zero-order chi connectivity index (χ0) is 15.0. The molecule has 1 aliphatic heterocycles. The summed E-state index contributed by atoms with van der Waals surface area (Å²) in [6.07, 6.45) is 0. The lowest BCUT2D eigenvalue weighted by Gasteiger charge is -2.17. The fourth-order valence-electron chi connectivity index (χ4n) is 2.53. The van der Waals surface area contributed by atoms with Gasteiger partial charge in [0.15, 0.2) is 0 Å². The monoisotopic (exact) mass is 286 g/mol. The van der Waals surface area contributed by atoms with E-state index in [0.717, 1.165) is 11.1 Å². The number of hydrogen-bond acceptors (Lipinski definition) is 7. The Kier molecular flexibility index (Phi) is 3.15. The van der Waals surface area contributed by atoms with E-state index in [4.69, 9.17) is 5.84 Å². The van der Waals surface area contributed by atoms with Crippen LogP contribution in [0.3, 0.4) is 0 Å². The van der Waals surface area contributed by atoms with E-state index in [1.807, 2.05) is 29.2 Å². The predicted molar refractivity (Wildman–Crippen MR) is 77.6 cm³/mol. The number of rotatable bonds is 3. The van der Waals surface area contributed by atoms with Crippen molar-refractivity contribution in [2.75, 3.05) is 10.3 Å². The molecule has 1 aliphatic rings. The first-order chi connectivity index (χ1) is 10.1. The summed E-state index contributed by atoms with van der Waals surface area (Å²) < 4.78 is 0. The number of nitrogen functional groups attached to an aromatic ring is 1. The Labute approximate surface area is 120 Å². The largest absolute Gasteiger partial charge is 0.342 e. The summed E-state index contributed by atoms with van der Waals surface area (Å²) >= 11 is 0. The van der Waals surface area contributed by atoms with Gasteiger partial charge in [0, 0.05) is 13.1 Å². The lowest BCUT2D eigenvalue weighted by Crippen LogP contribution is -2.21. The van der Waals surface area contributed by atoms with Gasteiger partial charge in [-0.25, -0.2) is 10.8 Å². The first-order valence-corrected chi connectivity index (χ1v) is 6.41. The Morgan fingerprint density at radius 2 is 1.90 bits per heavy atom. The van der Waals surface area contributed by atoms with E-state index in [0.29, 0.717) is 13.1 Å². The number of nitro groups is 1. The van der Waals surface area contributed by atoms with Gasteiger partial charge in [-0.15, -0.1) is 0 Å². The smallest absolute Gasteiger partial charge is 0.332 e. The molecule has 0 fully saturated rings. The van der Waals surface area contributed by atoms with E-state index in [1.165, 1.54) is 0 Å². The summed E-state index contributed by atoms with van der Waals surface area (Å²) in [5, 5.41) is 11.3. The van der Waals surface area contributed by atoms with Crippen LogP contribution in [-0.2, 0) is 13.1 Å². The summed E-state index contributed by atoms with van der Waals surface area (Å²) in [5.41, 5.74) is 4.84. The van der Waals surface area contributed by atoms with Gasteiger partial charge in [0.25, 0.3) is 0 Å². The van der Waals surface area contributed by atoms with Crippen molar-refractivity contribution >= 4 is 17.5 Å². The number of nitrogens with one attached hydrogen (secondary N) is 1. The summed E-state index contributed by atoms with van der Waals surface area (Å²) in [6, 6.07) is 7.93. The molecule has 3 N–H and O–H groups in total. The first kappa shape index (κ1) is 13.3. The van der Waals surface area contributed by atoms with Crippen LogP contribution < -0.4 is 16.2 Å². The lowest BCUT2D eigenvalue weighted by molar-refractivity contribution is -0.385. The Hall–Kier alpha value is -2.74. The second-order valence-electron chi connectivity index (χ2n) is 4.83. The number of fused-ring (bicyclic) bond motifs is 1. The first-order valence-electron chi connectivity index (χ1n) is 6.41. The molecule has 0 radical (unpaired) electrons. The molecule has 0 spiro atoms. The van der Waals surface area contributed by atoms with Crippen molar-refractivity contribution in [3.8, 4) is 0 Å². The van der Waals surface area contributed by atoms with E-state index < -0.39 is 4.92 Å².